The first-order valence-electron chi connectivity index (χ1n) is 3.04. The molecule has 3 heteroatoms. The van der Waals surface area contributed by atoms with Gasteiger partial charge in [-0.2, -0.15) is 0 Å². The Morgan fingerprint density at radius 1 is 1.50 bits per heavy atom. The normalized spacial score (nSPS) is 10.0. The van der Waals surface area contributed by atoms with Gasteiger partial charge in [0.25, 0.3) is 0 Å². The molecule has 0 aliphatic rings. The first kappa shape index (κ1) is 7.89. The monoisotopic (exact) mass is 175 g/mol. The van der Waals surface area contributed by atoms with Crippen molar-refractivity contribution < 1.29 is 0 Å². The van der Waals surface area contributed by atoms with Crippen molar-refractivity contribution in [3.8, 4) is 0 Å². The number of anilines is 1. The van der Waals surface area contributed by atoms with Crippen molar-refractivity contribution in [3.05, 3.63) is 15.3 Å². The van der Waals surface area contributed by atoms with Crippen molar-refractivity contribution in [2.75, 3.05) is 19.0 Å². The van der Waals surface area contributed by atoms with Gasteiger partial charge < -0.3 is 4.90 Å². The number of rotatable bonds is 1. The van der Waals surface area contributed by atoms with E-state index in [9.17, 15) is 0 Å². The summed E-state index contributed by atoms with van der Waals surface area (Å²) >= 11 is 7.59. The fourth-order valence-corrected chi connectivity index (χ4v) is 2.24. The van der Waals surface area contributed by atoms with Gasteiger partial charge in [-0.15, -0.1) is 11.3 Å². The Labute approximate surface area is 70.2 Å². The highest BCUT2D eigenvalue weighted by molar-refractivity contribution is 7.11. The van der Waals surface area contributed by atoms with Gasteiger partial charge in [-0.25, -0.2) is 0 Å². The Bertz CT molecular complexity index is 210. The van der Waals surface area contributed by atoms with E-state index in [2.05, 4.69) is 6.92 Å². The number of aryl methyl sites for hydroxylation is 1. The van der Waals surface area contributed by atoms with Crippen LogP contribution in [-0.2, 0) is 0 Å². The maximum Gasteiger partial charge on any atom is 0.0749 e. The number of thiophene rings is 1. The van der Waals surface area contributed by atoms with E-state index in [-0.39, 0.29) is 0 Å². The molecule has 0 aliphatic carbocycles. The highest BCUT2D eigenvalue weighted by Crippen LogP contribution is 2.33. The molecule has 1 aromatic heterocycles. The van der Waals surface area contributed by atoms with Crippen LogP contribution in [0, 0.1) is 6.92 Å². The first-order valence-corrected chi connectivity index (χ1v) is 4.29. The quantitative estimate of drug-likeness (QED) is 0.635. The SMILES string of the molecule is Cc1scc(Cl)c1N(C)C. The fourth-order valence-electron chi connectivity index (χ4n) is 0.948. The summed E-state index contributed by atoms with van der Waals surface area (Å²) in [5.74, 6) is 0. The van der Waals surface area contributed by atoms with Crippen LogP contribution < -0.4 is 4.90 Å². The minimum atomic E-state index is 0.854. The van der Waals surface area contributed by atoms with Crippen molar-refractivity contribution in [1.29, 1.82) is 0 Å². The van der Waals surface area contributed by atoms with Gasteiger partial charge >= 0.3 is 0 Å². The molecule has 0 fully saturated rings. The van der Waals surface area contributed by atoms with Crippen LogP contribution in [0.25, 0.3) is 0 Å². The Balaban J connectivity index is 3.10. The number of hydrogen-bond acceptors (Lipinski definition) is 2. The molecule has 0 unspecified atom stereocenters. The molecular formula is C7H10ClNS. The Morgan fingerprint density at radius 2 is 2.10 bits per heavy atom. The van der Waals surface area contributed by atoms with Crippen LogP contribution >= 0.6 is 22.9 Å². The van der Waals surface area contributed by atoms with Crippen molar-refractivity contribution in [2.24, 2.45) is 0 Å². The summed E-state index contributed by atoms with van der Waals surface area (Å²) in [6.45, 7) is 2.08. The van der Waals surface area contributed by atoms with Crippen molar-refractivity contribution in [2.45, 2.75) is 6.92 Å². The summed E-state index contributed by atoms with van der Waals surface area (Å²) in [5, 5.41) is 2.82. The third-order valence-electron chi connectivity index (χ3n) is 1.35. The van der Waals surface area contributed by atoms with E-state index in [1.165, 1.54) is 4.88 Å². The second kappa shape index (κ2) is 2.81. The molecule has 1 aromatic rings. The second-order valence-corrected chi connectivity index (χ2v) is 3.87. The average Bonchev–Trinajstić information content (AvgIpc) is 2.11. The van der Waals surface area contributed by atoms with E-state index in [0.29, 0.717) is 0 Å². The van der Waals surface area contributed by atoms with Crippen LogP contribution in [0.4, 0.5) is 5.69 Å². The minimum Gasteiger partial charge on any atom is -0.376 e. The molecule has 0 N–H and O–H groups in total. The van der Waals surface area contributed by atoms with Gasteiger partial charge in [0.2, 0.25) is 0 Å². The topological polar surface area (TPSA) is 3.24 Å². The highest BCUT2D eigenvalue weighted by atomic mass is 35.5. The molecule has 0 aromatic carbocycles. The lowest BCUT2D eigenvalue weighted by Gasteiger charge is -2.11. The predicted octanol–water partition coefficient (Wildman–Crippen LogP) is 2.78. The molecule has 1 rings (SSSR count). The number of hydrogen-bond donors (Lipinski definition) is 0. The summed E-state index contributed by atoms with van der Waals surface area (Å²) in [6.07, 6.45) is 0. The van der Waals surface area contributed by atoms with Crippen LogP contribution in [0.2, 0.25) is 5.02 Å². The van der Waals surface area contributed by atoms with Crippen LogP contribution in [0.5, 0.6) is 0 Å². The van der Waals surface area contributed by atoms with Gasteiger partial charge in [0.15, 0.2) is 0 Å². The van der Waals surface area contributed by atoms with Crippen LogP contribution in [-0.4, -0.2) is 14.1 Å². The van der Waals surface area contributed by atoms with Crippen LogP contribution in [0.3, 0.4) is 0 Å². The van der Waals surface area contributed by atoms with E-state index in [1.807, 2.05) is 24.4 Å². The lowest BCUT2D eigenvalue weighted by Crippen LogP contribution is -2.08. The van der Waals surface area contributed by atoms with Crippen molar-refractivity contribution in [1.82, 2.24) is 0 Å². The lowest BCUT2D eigenvalue weighted by molar-refractivity contribution is 1.13. The van der Waals surface area contributed by atoms with Gasteiger partial charge in [0, 0.05) is 24.4 Å². The third kappa shape index (κ3) is 1.27. The molecule has 0 saturated carbocycles. The Morgan fingerprint density at radius 3 is 2.30 bits per heavy atom. The first-order chi connectivity index (χ1) is 4.63. The molecule has 0 radical (unpaired) electrons. The molecule has 0 amide bonds. The largest absolute Gasteiger partial charge is 0.376 e. The maximum atomic E-state index is 5.91. The molecule has 1 heterocycles. The zero-order valence-corrected chi connectivity index (χ0v) is 7.88. The number of nitrogens with zero attached hydrogens (tertiary/aromatic N) is 1. The Kier molecular flexibility index (Phi) is 2.21. The summed E-state index contributed by atoms with van der Waals surface area (Å²) in [5.41, 5.74) is 1.15. The van der Waals surface area contributed by atoms with E-state index >= 15 is 0 Å². The van der Waals surface area contributed by atoms with Gasteiger partial charge in [-0.3, -0.25) is 0 Å². The predicted molar refractivity (Wildman–Crippen MR) is 48.4 cm³/mol. The van der Waals surface area contributed by atoms with Crippen molar-refractivity contribution in [3.63, 3.8) is 0 Å². The zero-order valence-electron chi connectivity index (χ0n) is 6.31. The lowest BCUT2D eigenvalue weighted by atomic mass is 10.4. The van der Waals surface area contributed by atoms with Gasteiger partial charge in [-0.1, -0.05) is 11.6 Å². The maximum absolute atomic E-state index is 5.91. The van der Waals surface area contributed by atoms with E-state index < -0.39 is 0 Å². The zero-order chi connectivity index (χ0) is 7.72. The molecule has 1 nitrogen and oxygen atoms in total. The van der Waals surface area contributed by atoms with E-state index in [0.717, 1.165) is 10.7 Å². The van der Waals surface area contributed by atoms with Gasteiger partial charge in [0.1, 0.15) is 0 Å². The molecular weight excluding hydrogens is 166 g/mol. The summed E-state index contributed by atoms with van der Waals surface area (Å²) in [7, 11) is 4.00. The van der Waals surface area contributed by atoms with Crippen LogP contribution in [0.1, 0.15) is 4.88 Å². The third-order valence-corrected chi connectivity index (χ3v) is 2.66. The number of halogens is 1. The van der Waals surface area contributed by atoms with E-state index in [4.69, 9.17) is 11.6 Å². The molecule has 0 bridgehead atoms. The van der Waals surface area contributed by atoms with E-state index in [1.54, 1.807) is 11.3 Å². The van der Waals surface area contributed by atoms with Gasteiger partial charge in [0.05, 0.1) is 10.7 Å². The molecule has 0 saturated heterocycles. The minimum absolute atomic E-state index is 0.854. The summed E-state index contributed by atoms with van der Waals surface area (Å²) < 4.78 is 0. The highest BCUT2D eigenvalue weighted by Gasteiger charge is 2.06. The molecule has 0 aliphatic heterocycles. The smallest absolute Gasteiger partial charge is 0.0749 e. The standard InChI is InChI=1S/C7H10ClNS/c1-5-7(9(2)3)6(8)4-10-5/h4H,1-3H3. The summed E-state index contributed by atoms with van der Waals surface area (Å²) in [4.78, 5) is 3.31. The average molecular weight is 176 g/mol. The molecule has 0 atom stereocenters. The second-order valence-electron chi connectivity index (χ2n) is 2.38. The van der Waals surface area contributed by atoms with Crippen LogP contribution in [0.15, 0.2) is 5.38 Å². The molecule has 10 heavy (non-hydrogen) atoms. The van der Waals surface area contributed by atoms with Gasteiger partial charge in [-0.05, 0) is 6.92 Å². The summed E-state index contributed by atoms with van der Waals surface area (Å²) in [6, 6.07) is 0. The molecule has 56 valence electrons. The fraction of sp³-hybridized carbons (Fsp3) is 0.429. The Hall–Kier alpha value is -0.210. The molecule has 0 spiro atoms. The van der Waals surface area contributed by atoms with Crippen molar-refractivity contribution >= 4 is 28.6 Å².